The first-order valence-corrected chi connectivity index (χ1v) is 7.57. The molecule has 0 radical (unpaired) electrons. The molecule has 0 aromatic rings. The topological polar surface area (TPSA) is 6.48 Å². The van der Waals surface area contributed by atoms with E-state index in [-0.39, 0.29) is 0 Å². The number of hydrogen-bond acceptors (Lipinski definition) is 2. The summed E-state index contributed by atoms with van der Waals surface area (Å²) in [6.07, 6.45) is 8.99. The molecule has 3 atom stereocenters. The van der Waals surface area contributed by atoms with E-state index < -0.39 is 0 Å². The Balaban J connectivity index is 1.35. The molecule has 2 saturated carbocycles. The van der Waals surface area contributed by atoms with Gasteiger partial charge < -0.3 is 9.80 Å². The van der Waals surface area contributed by atoms with Crippen LogP contribution in [0.4, 0.5) is 0 Å². The van der Waals surface area contributed by atoms with Crippen LogP contribution in [0.25, 0.3) is 0 Å². The van der Waals surface area contributed by atoms with Crippen molar-refractivity contribution in [1.82, 2.24) is 9.80 Å². The molecule has 96 valence electrons. The Morgan fingerprint density at radius 3 is 2.41 bits per heavy atom. The summed E-state index contributed by atoms with van der Waals surface area (Å²) in [6.45, 7) is 6.68. The average Bonchev–Trinajstić information content (AvgIpc) is 2.64. The zero-order valence-electron chi connectivity index (χ0n) is 11.4. The summed E-state index contributed by atoms with van der Waals surface area (Å²) in [7, 11) is 2.33. The van der Waals surface area contributed by atoms with Gasteiger partial charge in [0, 0.05) is 37.1 Å². The monoisotopic (exact) mass is 234 g/mol. The number of hydrogen-bond donors (Lipinski definition) is 0. The number of fused-ring (bicyclic) bond motifs is 1. The molecule has 2 unspecified atom stereocenters. The average molecular weight is 234 g/mol. The predicted octanol–water partition coefficient (Wildman–Crippen LogP) is 2.35. The lowest BCUT2D eigenvalue weighted by Crippen LogP contribution is -2.56. The number of likely N-dealkylation sites (tertiary alicyclic amines) is 2. The van der Waals surface area contributed by atoms with Gasteiger partial charge in [-0.25, -0.2) is 0 Å². The van der Waals surface area contributed by atoms with Gasteiger partial charge in [0.25, 0.3) is 0 Å². The first kappa shape index (κ1) is 10.8. The van der Waals surface area contributed by atoms with Gasteiger partial charge in [-0.3, -0.25) is 0 Å². The van der Waals surface area contributed by atoms with E-state index in [9.17, 15) is 0 Å². The fraction of sp³-hybridized carbons (Fsp3) is 1.00. The molecule has 2 aliphatic carbocycles. The Bertz CT molecular complexity index is 326. The normalized spacial score (nSPS) is 48.4. The molecule has 0 aromatic carbocycles. The number of nitrogens with zero attached hydrogens (tertiary/aromatic N) is 2. The Morgan fingerprint density at radius 1 is 1.12 bits per heavy atom. The van der Waals surface area contributed by atoms with Crippen LogP contribution in [0.2, 0.25) is 0 Å². The predicted molar refractivity (Wildman–Crippen MR) is 70.0 cm³/mol. The van der Waals surface area contributed by atoms with E-state index in [2.05, 4.69) is 23.8 Å². The minimum atomic E-state index is 0.717. The van der Waals surface area contributed by atoms with Crippen LogP contribution in [-0.2, 0) is 0 Å². The fourth-order valence-electron chi connectivity index (χ4n) is 5.30. The van der Waals surface area contributed by atoms with Crippen molar-refractivity contribution in [2.24, 2.45) is 10.8 Å². The van der Waals surface area contributed by atoms with E-state index in [0.29, 0.717) is 5.41 Å². The summed E-state index contributed by atoms with van der Waals surface area (Å²) in [6, 6.07) is 1.76. The number of piperidine rings is 1. The quantitative estimate of drug-likeness (QED) is 0.723. The third kappa shape index (κ3) is 1.46. The van der Waals surface area contributed by atoms with Crippen LogP contribution in [-0.4, -0.2) is 48.6 Å². The van der Waals surface area contributed by atoms with E-state index >= 15 is 0 Å². The van der Waals surface area contributed by atoms with Crippen molar-refractivity contribution < 1.29 is 0 Å². The molecule has 4 rings (SSSR count). The van der Waals surface area contributed by atoms with Gasteiger partial charge in [-0.05, 0) is 45.1 Å². The highest BCUT2D eigenvalue weighted by molar-refractivity contribution is 5.17. The molecule has 0 amide bonds. The molecule has 1 spiro atoms. The standard InChI is InChI=1S/C15H26N2/c1-12-7-15(8-13(15)16(12)2)11-17-9-14(10-17)5-3-4-6-14/h12-13H,3-11H2,1-2H3/t12?,13?,15-/m1/s1. The second-order valence-corrected chi connectivity index (χ2v) is 7.65. The fourth-order valence-corrected chi connectivity index (χ4v) is 5.30. The molecule has 2 aliphatic heterocycles. The maximum Gasteiger partial charge on any atom is 0.0171 e. The lowest BCUT2D eigenvalue weighted by Gasteiger charge is -2.49. The van der Waals surface area contributed by atoms with Gasteiger partial charge in [-0.15, -0.1) is 0 Å². The molecule has 0 N–H and O–H groups in total. The minimum Gasteiger partial charge on any atom is -0.302 e. The van der Waals surface area contributed by atoms with Crippen LogP contribution in [0.1, 0.15) is 45.4 Å². The Morgan fingerprint density at radius 2 is 1.82 bits per heavy atom. The molecule has 4 fully saturated rings. The molecular formula is C15H26N2. The molecule has 17 heavy (non-hydrogen) atoms. The third-order valence-electron chi connectivity index (χ3n) is 6.36. The van der Waals surface area contributed by atoms with E-state index in [4.69, 9.17) is 0 Å². The van der Waals surface area contributed by atoms with Crippen molar-refractivity contribution in [2.75, 3.05) is 26.7 Å². The Labute approximate surface area is 105 Å². The maximum atomic E-state index is 2.78. The van der Waals surface area contributed by atoms with E-state index in [1.807, 2.05) is 0 Å². The summed E-state index contributed by atoms with van der Waals surface area (Å²) < 4.78 is 0. The largest absolute Gasteiger partial charge is 0.302 e. The Kier molecular flexibility index (Phi) is 2.08. The smallest absolute Gasteiger partial charge is 0.0171 e. The van der Waals surface area contributed by atoms with Gasteiger partial charge in [-0.1, -0.05) is 12.8 Å². The zero-order chi connectivity index (χ0) is 11.7. The SMILES string of the molecule is CC1C[C@]2(CN3CC4(CCCC4)C3)CC2N1C. The molecule has 0 bridgehead atoms. The molecular weight excluding hydrogens is 208 g/mol. The first-order chi connectivity index (χ1) is 8.13. The van der Waals surface area contributed by atoms with Crippen LogP contribution in [0.5, 0.6) is 0 Å². The molecule has 0 aromatic heterocycles. The van der Waals surface area contributed by atoms with E-state index in [1.165, 1.54) is 58.2 Å². The van der Waals surface area contributed by atoms with E-state index in [0.717, 1.165) is 17.5 Å². The zero-order valence-corrected chi connectivity index (χ0v) is 11.4. The lowest BCUT2D eigenvalue weighted by atomic mass is 9.77. The molecule has 4 aliphatic rings. The summed E-state index contributed by atoms with van der Waals surface area (Å²) in [4.78, 5) is 5.41. The van der Waals surface area contributed by atoms with Gasteiger partial charge in [-0.2, -0.15) is 0 Å². The molecule has 2 nitrogen and oxygen atoms in total. The summed E-state index contributed by atoms with van der Waals surface area (Å²) in [5.41, 5.74) is 1.51. The van der Waals surface area contributed by atoms with Crippen LogP contribution >= 0.6 is 0 Å². The molecule has 2 saturated heterocycles. The van der Waals surface area contributed by atoms with Gasteiger partial charge in [0.15, 0.2) is 0 Å². The third-order valence-corrected chi connectivity index (χ3v) is 6.36. The van der Waals surface area contributed by atoms with Crippen molar-refractivity contribution >= 4 is 0 Å². The van der Waals surface area contributed by atoms with Crippen molar-refractivity contribution in [3.05, 3.63) is 0 Å². The summed E-state index contributed by atoms with van der Waals surface area (Å²) in [5, 5.41) is 0. The number of rotatable bonds is 2. The van der Waals surface area contributed by atoms with Gasteiger partial charge >= 0.3 is 0 Å². The highest BCUT2D eigenvalue weighted by Gasteiger charge is 2.63. The highest BCUT2D eigenvalue weighted by Crippen LogP contribution is 2.60. The Hall–Kier alpha value is -0.0800. The van der Waals surface area contributed by atoms with Crippen molar-refractivity contribution in [1.29, 1.82) is 0 Å². The van der Waals surface area contributed by atoms with E-state index in [1.54, 1.807) is 0 Å². The highest BCUT2D eigenvalue weighted by atomic mass is 15.3. The van der Waals surface area contributed by atoms with Crippen molar-refractivity contribution in [3.63, 3.8) is 0 Å². The molecule has 2 heteroatoms. The van der Waals surface area contributed by atoms with Crippen LogP contribution in [0.15, 0.2) is 0 Å². The summed E-state index contributed by atoms with van der Waals surface area (Å²) >= 11 is 0. The minimum absolute atomic E-state index is 0.717. The van der Waals surface area contributed by atoms with Gasteiger partial charge in [0.2, 0.25) is 0 Å². The van der Waals surface area contributed by atoms with Crippen LogP contribution in [0, 0.1) is 10.8 Å². The second-order valence-electron chi connectivity index (χ2n) is 7.65. The summed E-state index contributed by atoms with van der Waals surface area (Å²) in [5.74, 6) is 0. The maximum absolute atomic E-state index is 2.78. The van der Waals surface area contributed by atoms with Crippen molar-refractivity contribution in [2.45, 2.75) is 57.5 Å². The van der Waals surface area contributed by atoms with Gasteiger partial charge in [0.1, 0.15) is 0 Å². The molecule has 2 heterocycles. The van der Waals surface area contributed by atoms with Crippen LogP contribution < -0.4 is 0 Å². The lowest BCUT2D eigenvalue weighted by molar-refractivity contribution is -0.00853. The van der Waals surface area contributed by atoms with Crippen LogP contribution in [0.3, 0.4) is 0 Å². The first-order valence-electron chi connectivity index (χ1n) is 7.57. The van der Waals surface area contributed by atoms with Gasteiger partial charge in [0.05, 0.1) is 0 Å². The second kappa shape index (κ2) is 3.27. The van der Waals surface area contributed by atoms with Crippen molar-refractivity contribution in [3.8, 4) is 0 Å².